The van der Waals surface area contributed by atoms with E-state index in [1.54, 1.807) is 6.07 Å². The molecule has 0 spiro atoms. The molecule has 1 rings (SSSR count). The third-order valence-corrected chi connectivity index (χ3v) is 1.57. The van der Waals surface area contributed by atoms with Crippen LogP contribution in [0.5, 0.6) is 0 Å². The van der Waals surface area contributed by atoms with Crippen LogP contribution in [0.3, 0.4) is 0 Å². The van der Waals surface area contributed by atoms with Crippen molar-refractivity contribution in [2.75, 3.05) is 0 Å². The maximum atomic E-state index is 8.74. The van der Waals surface area contributed by atoms with Crippen LogP contribution in [0.4, 0.5) is 0 Å². The van der Waals surface area contributed by atoms with Crippen LogP contribution < -0.4 is 5.59 Å². The fraction of sp³-hybridized carbons (Fsp3) is 0.167. The number of halogens is 1. The lowest BCUT2D eigenvalue weighted by atomic mass is 10.0. The summed E-state index contributed by atoms with van der Waals surface area (Å²) in [7, 11) is 1.89. The van der Waals surface area contributed by atoms with Gasteiger partial charge in [-0.2, -0.15) is 0 Å². The molecule has 1 N–H and O–H groups in total. The van der Waals surface area contributed by atoms with Crippen LogP contribution in [0.2, 0.25) is 0 Å². The second kappa shape index (κ2) is 3.17. The third kappa shape index (κ3) is 1.82. The van der Waals surface area contributed by atoms with Crippen LogP contribution in [-0.2, 0) is 6.61 Å². The number of aromatic nitrogens is 1. The number of aliphatic hydroxyl groups excluding tert-OH is 1. The van der Waals surface area contributed by atoms with Gasteiger partial charge in [0, 0.05) is 0 Å². The molecule has 0 aliphatic rings. The summed E-state index contributed by atoms with van der Waals surface area (Å²) < 4.78 is 0.775. The van der Waals surface area contributed by atoms with Crippen LogP contribution >= 0.6 is 15.9 Å². The monoisotopic (exact) mass is 199 g/mol. The Morgan fingerprint density at radius 2 is 2.30 bits per heavy atom. The van der Waals surface area contributed by atoms with E-state index in [2.05, 4.69) is 20.9 Å². The lowest BCUT2D eigenvalue weighted by molar-refractivity contribution is 0.281. The van der Waals surface area contributed by atoms with Crippen LogP contribution in [-0.4, -0.2) is 17.9 Å². The Morgan fingerprint density at radius 1 is 1.60 bits per heavy atom. The zero-order valence-electron chi connectivity index (χ0n) is 5.63. The van der Waals surface area contributed by atoms with E-state index in [0.717, 1.165) is 15.8 Å². The smallest absolute Gasteiger partial charge is 0.163 e. The summed E-state index contributed by atoms with van der Waals surface area (Å²) in [6.45, 7) is 0.0714. The highest BCUT2D eigenvalue weighted by atomic mass is 79.9. The van der Waals surface area contributed by atoms with E-state index in [1.165, 1.54) is 0 Å². The minimum absolute atomic E-state index is 0.0714. The first-order valence-corrected chi connectivity index (χ1v) is 3.75. The minimum atomic E-state index is 0.0714. The van der Waals surface area contributed by atoms with E-state index in [0.29, 0.717) is 0 Å². The molecule has 0 radical (unpaired) electrons. The summed E-state index contributed by atoms with van der Waals surface area (Å²) in [4.78, 5) is 4.09. The van der Waals surface area contributed by atoms with E-state index >= 15 is 0 Å². The van der Waals surface area contributed by atoms with Gasteiger partial charge in [0.05, 0.1) is 6.61 Å². The lowest BCUT2D eigenvalue weighted by Gasteiger charge is -1.98. The molecular formula is C6H7BBrNO. The summed E-state index contributed by atoms with van der Waals surface area (Å²) in [5.41, 5.74) is 1.80. The van der Waals surface area contributed by atoms with Crippen molar-refractivity contribution in [1.82, 2.24) is 4.98 Å². The van der Waals surface area contributed by atoms with Gasteiger partial charge < -0.3 is 5.11 Å². The summed E-state index contributed by atoms with van der Waals surface area (Å²) >= 11 is 3.23. The van der Waals surface area contributed by atoms with Crippen molar-refractivity contribution in [1.29, 1.82) is 0 Å². The second-order valence-electron chi connectivity index (χ2n) is 2.10. The Bertz CT molecular complexity index is 221. The molecule has 1 aromatic heterocycles. The van der Waals surface area contributed by atoms with Gasteiger partial charge >= 0.3 is 0 Å². The van der Waals surface area contributed by atoms with Crippen LogP contribution in [0.15, 0.2) is 16.7 Å². The van der Waals surface area contributed by atoms with Crippen LogP contribution in [0.1, 0.15) is 5.56 Å². The highest BCUT2D eigenvalue weighted by Crippen LogP contribution is 2.05. The highest BCUT2D eigenvalue weighted by Gasteiger charge is 1.94. The standard InChI is InChI=1S/C6H7BBrNO/c7-5-1-4(3-10)2-6(8)9-5/h1-2,10H,3,7H2. The molecule has 0 saturated carbocycles. The van der Waals surface area contributed by atoms with Crippen molar-refractivity contribution in [2.45, 2.75) is 6.61 Å². The molecule has 0 atom stereocenters. The van der Waals surface area contributed by atoms with Gasteiger partial charge in [-0.05, 0) is 39.2 Å². The molecule has 52 valence electrons. The van der Waals surface area contributed by atoms with E-state index in [9.17, 15) is 0 Å². The Balaban J connectivity index is 3.06. The number of hydrogen-bond donors (Lipinski definition) is 1. The molecule has 0 saturated heterocycles. The van der Waals surface area contributed by atoms with E-state index in [-0.39, 0.29) is 6.61 Å². The average molecular weight is 200 g/mol. The van der Waals surface area contributed by atoms with Gasteiger partial charge in [0.1, 0.15) is 4.60 Å². The zero-order valence-corrected chi connectivity index (χ0v) is 7.22. The molecule has 0 fully saturated rings. The molecule has 10 heavy (non-hydrogen) atoms. The normalized spacial score (nSPS) is 9.80. The van der Waals surface area contributed by atoms with Crippen molar-refractivity contribution in [2.24, 2.45) is 0 Å². The van der Waals surface area contributed by atoms with Crippen molar-refractivity contribution in [3.63, 3.8) is 0 Å². The predicted molar refractivity (Wildman–Crippen MR) is 46.0 cm³/mol. The first-order chi connectivity index (χ1) is 4.72. The number of pyridine rings is 1. The van der Waals surface area contributed by atoms with Gasteiger partial charge in [0.2, 0.25) is 0 Å². The molecule has 0 aliphatic heterocycles. The van der Waals surface area contributed by atoms with Gasteiger partial charge in [-0.3, -0.25) is 4.98 Å². The molecule has 1 aromatic rings. The van der Waals surface area contributed by atoms with E-state index in [1.807, 2.05) is 13.9 Å². The van der Waals surface area contributed by atoms with Crippen molar-refractivity contribution < 1.29 is 5.11 Å². The first-order valence-electron chi connectivity index (χ1n) is 2.96. The van der Waals surface area contributed by atoms with Crippen molar-refractivity contribution in [3.8, 4) is 0 Å². The fourth-order valence-corrected chi connectivity index (χ4v) is 1.36. The Hall–Kier alpha value is -0.345. The van der Waals surface area contributed by atoms with Gasteiger partial charge in [-0.25, -0.2) is 0 Å². The summed E-state index contributed by atoms with van der Waals surface area (Å²) in [5.74, 6) is 0. The molecule has 2 nitrogen and oxygen atoms in total. The highest BCUT2D eigenvalue weighted by molar-refractivity contribution is 9.10. The molecule has 4 heteroatoms. The number of rotatable bonds is 1. The predicted octanol–water partition coefficient (Wildman–Crippen LogP) is -0.405. The summed E-state index contributed by atoms with van der Waals surface area (Å²) in [5, 5.41) is 8.74. The minimum Gasteiger partial charge on any atom is -0.392 e. The van der Waals surface area contributed by atoms with Crippen LogP contribution in [0, 0.1) is 0 Å². The third-order valence-electron chi connectivity index (χ3n) is 1.16. The number of aliphatic hydroxyl groups is 1. The summed E-state index contributed by atoms with van der Waals surface area (Å²) in [6.07, 6.45) is 0. The van der Waals surface area contributed by atoms with Gasteiger partial charge in [-0.15, -0.1) is 0 Å². The number of nitrogens with zero attached hydrogens (tertiary/aromatic N) is 1. The van der Waals surface area contributed by atoms with Crippen LogP contribution in [0.25, 0.3) is 0 Å². The van der Waals surface area contributed by atoms with Gasteiger partial charge in [0.25, 0.3) is 0 Å². The molecule has 0 aliphatic carbocycles. The van der Waals surface area contributed by atoms with Gasteiger partial charge in [0.15, 0.2) is 7.85 Å². The average Bonchev–Trinajstić information content (AvgIpc) is 1.85. The van der Waals surface area contributed by atoms with Gasteiger partial charge in [-0.1, -0.05) is 0 Å². The molecule has 0 unspecified atom stereocenters. The molecule has 0 amide bonds. The molecular weight excluding hydrogens is 193 g/mol. The Kier molecular flexibility index (Phi) is 2.46. The number of hydrogen-bond acceptors (Lipinski definition) is 2. The fourth-order valence-electron chi connectivity index (χ4n) is 0.787. The Labute approximate surface area is 68.8 Å². The second-order valence-corrected chi connectivity index (χ2v) is 2.91. The maximum Gasteiger partial charge on any atom is 0.163 e. The summed E-state index contributed by atoms with van der Waals surface area (Å²) in [6, 6.07) is 3.65. The zero-order chi connectivity index (χ0) is 7.56. The molecule has 1 heterocycles. The maximum absolute atomic E-state index is 8.74. The lowest BCUT2D eigenvalue weighted by Crippen LogP contribution is -2.09. The quantitative estimate of drug-likeness (QED) is 0.493. The van der Waals surface area contributed by atoms with Crippen molar-refractivity contribution in [3.05, 3.63) is 22.3 Å². The largest absolute Gasteiger partial charge is 0.392 e. The SMILES string of the molecule is Bc1cc(CO)cc(Br)n1. The molecule has 0 bridgehead atoms. The Morgan fingerprint density at radius 3 is 2.80 bits per heavy atom. The van der Waals surface area contributed by atoms with E-state index < -0.39 is 0 Å². The van der Waals surface area contributed by atoms with Crippen molar-refractivity contribution >= 4 is 29.4 Å². The molecule has 0 aromatic carbocycles. The topological polar surface area (TPSA) is 33.1 Å². The first kappa shape index (κ1) is 7.76. The van der Waals surface area contributed by atoms with E-state index in [4.69, 9.17) is 5.11 Å².